The standard InChI is InChI=1S/C13H14N2O2S/c1-8(13(16)17)7-11-9(2)15-12(18-11)10-5-3-4-6-14-10/h3-6,8H,7H2,1-2H3,(H,16,17). The highest BCUT2D eigenvalue weighted by atomic mass is 32.1. The number of rotatable bonds is 4. The second kappa shape index (κ2) is 5.27. The molecule has 4 nitrogen and oxygen atoms in total. The van der Waals surface area contributed by atoms with Crippen LogP contribution in [0.15, 0.2) is 24.4 Å². The molecule has 0 saturated carbocycles. The van der Waals surface area contributed by atoms with Gasteiger partial charge in [-0.2, -0.15) is 0 Å². The molecular weight excluding hydrogens is 248 g/mol. The Balaban J connectivity index is 2.25. The lowest BCUT2D eigenvalue weighted by molar-refractivity contribution is -0.141. The summed E-state index contributed by atoms with van der Waals surface area (Å²) in [4.78, 5) is 20.6. The fourth-order valence-corrected chi connectivity index (χ4v) is 2.75. The lowest BCUT2D eigenvalue weighted by Crippen LogP contribution is -2.11. The number of hydrogen-bond donors (Lipinski definition) is 1. The first-order chi connectivity index (χ1) is 8.58. The van der Waals surface area contributed by atoms with Crippen LogP contribution in [0.25, 0.3) is 10.7 Å². The summed E-state index contributed by atoms with van der Waals surface area (Å²) in [6, 6.07) is 5.68. The molecule has 1 unspecified atom stereocenters. The highest BCUT2D eigenvalue weighted by Gasteiger charge is 2.17. The van der Waals surface area contributed by atoms with Crippen LogP contribution >= 0.6 is 11.3 Å². The Morgan fingerprint density at radius 3 is 2.89 bits per heavy atom. The van der Waals surface area contributed by atoms with Gasteiger partial charge in [-0.25, -0.2) is 4.98 Å². The van der Waals surface area contributed by atoms with Crippen molar-refractivity contribution in [1.29, 1.82) is 0 Å². The van der Waals surface area contributed by atoms with Crippen LogP contribution in [0.5, 0.6) is 0 Å². The minimum absolute atomic E-state index is 0.388. The second-order valence-corrected chi connectivity index (χ2v) is 5.27. The van der Waals surface area contributed by atoms with Crippen molar-refractivity contribution in [2.45, 2.75) is 20.3 Å². The third-order valence-corrected chi connectivity index (χ3v) is 3.89. The third-order valence-electron chi connectivity index (χ3n) is 2.69. The monoisotopic (exact) mass is 262 g/mol. The Labute approximate surface area is 109 Å². The Hall–Kier alpha value is -1.75. The van der Waals surface area contributed by atoms with Crippen LogP contribution in [0, 0.1) is 12.8 Å². The van der Waals surface area contributed by atoms with Crippen LogP contribution in [0.3, 0.4) is 0 Å². The molecule has 2 rings (SSSR count). The molecule has 18 heavy (non-hydrogen) atoms. The summed E-state index contributed by atoms with van der Waals surface area (Å²) in [5, 5.41) is 9.78. The SMILES string of the molecule is Cc1nc(-c2ccccn2)sc1CC(C)C(=O)O. The average molecular weight is 262 g/mol. The van der Waals surface area contributed by atoms with Crippen LogP contribution in [0.2, 0.25) is 0 Å². The van der Waals surface area contributed by atoms with E-state index in [2.05, 4.69) is 9.97 Å². The van der Waals surface area contributed by atoms with Gasteiger partial charge in [0.1, 0.15) is 5.01 Å². The number of carboxylic acid groups (broad SMARTS) is 1. The van der Waals surface area contributed by atoms with Gasteiger partial charge in [0.25, 0.3) is 0 Å². The van der Waals surface area contributed by atoms with E-state index in [1.807, 2.05) is 25.1 Å². The van der Waals surface area contributed by atoms with Gasteiger partial charge in [0.2, 0.25) is 0 Å². The Morgan fingerprint density at radius 2 is 2.28 bits per heavy atom. The number of thiazole rings is 1. The molecule has 0 aliphatic carbocycles. The maximum absolute atomic E-state index is 10.9. The normalized spacial score (nSPS) is 12.3. The van der Waals surface area contributed by atoms with Gasteiger partial charge in [0.15, 0.2) is 0 Å². The summed E-state index contributed by atoms with van der Waals surface area (Å²) in [6.07, 6.45) is 2.25. The Morgan fingerprint density at radius 1 is 1.50 bits per heavy atom. The summed E-state index contributed by atoms with van der Waals surface area (Å²) in [7, 11) is 0. The molecule has 94 valence electrons. The molecule has 1 atom stereocenters. The molecule has 0 saturated heterocycles. The highest BCUT2D eigenvalue weighted by molar-refractivity contribution is 7.15. The number of nitrogens with zero attached hydrogens (tertiary/aromatic N) is 2. The number of carboxylic acids is 1. The quantitative estimate of drug-likeness (QED) is 0.920. The topological polar surface area (TPSA) is 63.1 Å². The highest BCUT2D eigenvalue weighted by Crippen LogP contribution is 2.28. The lowest BCUT2D eigenvalue weighted by Gasteiger charge is -2.03. The van der Waals surface area contributed by atoms with Crippen LogP contribution in [0.4, 0.5) is 0 Å². The van der Waals surface area contributed by atoms with Crippen molar-refractivity contribution < 1.29 is 9.90 Å². The zero-order valence-corrected chi connectivity index (χ0v) is 11.1. The maximum Gasteiger partial charge on any atom is 0.306 e. The predicted molar refractivity (Wildman–Crippen MR) is 70.6 cm³/mol. The molecule has 2 aromatic rings. The Bertz CT molecular complexity index is 551. The van der Waals surface area contributed by atoms with Crippen molar-refractivity contribution in [2.75, 3.05) is 0 Å². The number of aromatic nitrogens is 2. The lowest BCUT2D eigenvalue weighted by atomic mass is 10.1. The summed E-state index contributed by atoms with van der Waals surface area (Å²) in [5.41, 5.74) is 1.73. The smallest absolute Gasteiger partial charge is 0.306 e. The molecule has 0 amide bonds. The van der Waals surface area contributed by atoms with E-state index in [1.165, 1.54) is 11.3 Å². The van der Waals surface area contributed by atoms with Crippen molar-refractivity contribution in [1.82, 2.24) is 9.97 Å². The second-order valence-electron chi connectivity index (χ2n) is 4.19. The molecule has 0 spiro atoms. The molecule has 0 aromatic carbocycles. The molecule has 0 aliphatic rings. The van der Waals surface area contributed by atoms with E-state index >= 15 is 0 Å². The number of aliphatic carboxylic acids is 1. The zero-order valence-electron chi connectivity index (χ0n) is 10.3. The summed E-state index contributed by atoms with van der Waals surface area (Å²) < 4.78 is 0. The molecule has 2 heterocycles. The van der Waals surface area contributed by atoms with Gasteiger partial charge >= 0.3 is 5.97 Å². The van der Waals surface area contributed by atoms with E-state index in [-0.39, 0.29) is 5.92 Å². The summed E-state index contributed by atoms with van der Waals surface area (Å²) in [5.74, 6) is -1.16. The van der Waals surface area contributed by atoms with Crippen molar-refractivity contribution in [3.8, 4) is 10.7 Å². The molecular formula is C13H14N2O2S. The van der Waals surface area contributed by atoms with Crippen molar-refractivity contribution in [3.05, 3.63) is 35.0 Å². The molecule has 2 aromatic heterocycles. The molecule has 0 aliphatic heterocycles. The van der Waals surface area contributed by atoms with Gasteiger partial charge in [-0.15, -0.1) is 11.3 Å². The zero-order chi connectivity index (χ0) is 13.1. The van der Waals surface area contributed by atoms with Gasteiger partial charge in [-0.1, -0.05) is 13.0 Å². The summed E-state index contributed by atoms with van der Waals surface area (Å²) in [6.45, 7) is 3.62. The first-order valence-corrected chi connectivity index (χ1v) is 6.50. The van der Waals surface area contributed by atoms with Gasteiger partial charge < -0.3 is 5.11 Å². The molecule has 0 fully saturated rings. The maximum atomic E-state index is 10.9. The Kier molecular flexibility index (Phi) is 3.72. The van der Waals surface area contributed by atoms with E-state index in [1.54, 1.807) is 13.1 Å². The average Bonchev–Trinajstić information content (AvgIpc) is 2.72. The van der Waals surface area contributed by atoms with E-state index in [0.717, 1.165) is 21.3 Å². The van der Waals surface area contributed by atoms with E-state index in [4.69, 9.17) is 5.11 Å². The third kappa shape index (κ3) is 2.73. The van der Waals surface area contributed by atoms with Crippen molar-refractivity contribution in [3.63, 3.8) is 0 Å². The molecule has 0 radical (unpaired) electrons. The minimum Gasteiger partial charge on any atom is -0.481 e. The van der Waals surface area contributed by atoms with Crippen LogP contribution < -0.4 is 0 Å². The predicted octanol–water partition coefficient (Wildman–Crippen LogP) is 2.78. The molecule has 1 N–H and O–H groups in total. The van der Waals surface area contributed by atoms with E-state index in [0.29, 0.717) is 6.42 Å². The van der Waals surface area contributed by atoms with Crippen molar-refractivity contribution >= 4 is 17.3 Å². The molecule has 5 heteroatoms. The van der Waals surface area contributed by atoms with Crippen LogP contribution in [0.1, 0.15) is 17.5 Å². The van der Waals surface area contributed by atoms with Gasteiger partial charge in [-0.3, -0.25) is 9.78 Å². The molecule has 0 bridgehead atoms. The van der Waals surface area contributed by atoms with Crippen LogP contribution in [-0.2, 0) is 11.2 Å². The minimum atomic E-state index is -0.776. The van der Waals surface area contributed by atoms with E-state index in [9.17, 15) is 4.79 Å². The first kappa shape index (κ1) is 12.7. The fourth-order valence-electron chi connectivity index (χ4n) is 1.58. The first-order valence-electron chi connectivity index (χ1n) is 5.68. The summed E-state index contributed by atoms with van der Waals surface area (Å²) >= 11 is 1.52. The number of aryl methyl sites for hydroxylation is 1. The fraction of sp³-hybridized carbons (Fsp3) is 0.308. The van der Waals surface area contributed by atoms with Gasteiger partial charge in [0, 0.05) is 11.1 Å². The van der Waals surface area contributed by atoms with Crippen molar-refractivity contribution in [2.24, 2.45) is 5.92 Å². The largest absolute Gasteiger partial charge is 0.481 e. The number of carbonyl (C=O) groups is 1. The number of pyridine rings is 1. The van der Waals surface area contributed by atoms with Gasteiger partial charge in [-0.05, 0) is 25.5 Å². The van der Waals surface area contributed by atoms with E-state index < -0.39 is 5.97 Å². The van der Waals surface area contributed by atoms with Gasteiger partial charge in [0.05, 0.1) is 17.3 Å². The van der Waals surface area contributed by atoms with Crippen LogP contribution in [-0.4, -0.2) is 21.0 Å². The number of hydrogen-bond acceptors (Lipinski definition) is 4.